The number of ether oxygens (including phenoxy) is 3. The summed E-state index contributed by atoms with van der Waals surface area (Å²) in [5.74, 6) is 0.733. The molecule has 0 radical (unpaired) electrons. The van der Waals surface area contributed by atoms with E-state index in [0.29, 0.717) is 37.8 Å². The number of benzene rings is 3. The minimum atomic E-state index is -0.383. The van der Waals surface area contributed by atoms with Crippen LogP contribution in [0.25, 0.3) is 6.08 Å². The van der Waals surface area contributed by atoms with Gasteiger partial charge in [-0.3, -0.25) is 14.5 Å². The monoisotopic (exact) mass is 557 g/mol. The number of hydrogen-bond acceptors (Lipinski definition) is 6. The Morgan fingerprint density at radius 3 is 2.51 bits per heavy atom. The molecule has 0 unspecified atom stereocenters. The zero-order chi connectivity index (χ0) is 24.8. The lowest BCUT2D eigenvalue weighted by atomic mass is 10.1. The number of para-hydroxylation sites is 1. The summed E-state index contributed by atoms with van der Waals surface area (Å²) in [4.78, 5) is 26.7. The molecule has 1 aliphatic heterocycles. The van der Waals surface area contributed by atoms with Crippen molar-refractivity contribution < 1.29 is 28.2 Å². The molecular weight excluding hydrogens is 537 g/mol. The molecule has 1 saturated heterocycles. The molecule has 0 spiro atoms. The summed E-state index contributed by atoms with van der Waals surface area (Å²) in [6, 6.07) is 19.0. The highest BCUT2D eigenvalue weighted by molar-refractivity contribution is 9.10. The topological polar surface area (TPSA) is 65.1 Å². The van der Waals surface area contributed by atoms with Crippen molar-refractivity contribution in [3.05, 3.63) is 93.1 Å². The molecule has 3 aromatic rings. The van der Waals surface area contributed by atoms with E-state index in [-0.39, 0.29) is 36.7 Å². The summed E-state index contributed by atoms with van der Waals surface area (Å²) >= 11 is 4.33. The Kier molecular flexibility index (Phi) is 8.09. The van der Waals surface area contributed by atoms with Gasteiger partial charge >= 0.3 is 0 Å². The van der Waals surface area contributed by atoms with E-state index < -0.39 is 0 Å². The Morgan fingerprint density at radius 1 is 1.03 bits per heavy atom. The first-order valence-electron chi connectivity index (χ1n) is 10.6. The molecule has 0 N–H and O–H groups in total. The van der Waals surface area contributed by atoms with Crippen LogP contribution in [0.2, 0.25) is 0 Å². The van der Waals surface area contributed by atoms with Gasteiger partial charge in [-0.1, -0.05) is 36.4 Å². The number of hydrogen-bond donors (Lipinski definition) is 0. The maximum absolute atomic E-state index is 13.9. The minimum Gasteiger partial charge on any atom is -0.493 e. The summed E-state index contributed by atoms with van der Waals surface area (Å²) in [5.41, 5.74) is 1.05. The van der Waals surface area contributed by atoms with Crippen LogP contribution in [-0.4, -0.2) is 36.3 Å². The van der Waals surface area contributed by atoms with Crippen molar-refractivity contribution in [3.8, 4) is 17.2 Å². The molecule has 3 aromatic carbocycles. The zero-order valence-electron chi connectivity index (χ0n) is 18.7. The van der Waals surface area contributed by atoms with Gasteiger partial charge in [0.1, 0.15) is 24.8 Å². The lowest BCUT2D eigenvalue weighted by Gasteiger charge is -2.14. The lowest BCUT2D eigenvalue weighted by Crippen LogP contribution is -2.32. The average molecular weight is 558 g/mol. The van der Waals surface area contributed by atoms with Crippen molar-refractivity contribution in [2.45, 2.75) is 6.61 Å². The lowest BCUT2D eigenvalue weighted by molar-refractivity contribution is -0.123. The molecule has 0 bridgehead atoms. The van der Waals surface area contributed by atoms with Crippen molar-refractivity contribution in [3.63, 3.8) is 0 Å². The quantitative estimate of drug-likeness (QED) is 0.288. The van der Waals surface area contributed by atoms with Crippen LogP contribution in [0.5, 0.6) is 17.2 Å². The third-order valence-corrected chi connectivity index (χ3v) is 6.58. The van der Waals surface area contributed by atoms with Gasteiger partial charge in [-0.05, 0) is 69.7 Å². The molecule has 180 valence electrons. The standard InChI is InChI=1S/C26H21BrFNO5S/c1-32-22-14-17(13-20(27)24(22)34-16-18-7-5-6-10-21(18)28)15-23-25(30)29(26(31)35-23)11-12-33-19-8-3-2-4-9-19/h2-10,13-15H,11-12,16H2,1H3/b23-15-. The zero-order valence-corrected chi connectivity index (χ0v) is 21.1. The summed E-state index contributed by atoms with van der Waals surface area (Å²) < 4.78 is 31.4. The predicted octanol–water partition coefficient (Wildman–Crippen LogP) is 6.29. The van der Waals surface area contributed by atoms with Crippen LogP contribution in [0.15, 0.2) is 76.1 Å². The van der Waals surface area contributed by atoms with Crippen LogP contribution in [-0.2, 0) is 11.4 Å². The summed E-state index contributed by atoms with van der Waals surface area (Å²) in [6.07, 6.45) is 1.62. The van der Waals surface area contributed by atoms with Crippen molar-refractivity contribution in [2.75, 3.05) is 20.3 Å². The van der Waals surface area contributed by atoms with Gasteiger partial charge in [0.25, 0.3) is 11.1 Å². The molecule has 35 heavy (non-hydrogen) atoms. The molecular formula is C26H21BrFNO5S. The Balaban J connectivity index is 1.45. The van der Waals surface area contributed by atoms with Crippen LogP contribution < -0.4 is 14.2 Å². The van der Waals surface area contributed by atoms with Gasteiger partial charge in [-0.15, -0.1) is 0 Å². The normalized spacial score (nSPS) is 14.5. The second-order valence-electron chi connectivity index (χ2n) is 7.41. The number of thioether (sulfide) groups is 1. The fraction of sp³-hybridized carbons (Fsp3) is 0.154. The number of amides is 2. The highest BCUT2D eigenvalue weighted by Gasteiger charge is 2.35. The Morgan fingerprint density at radius 2 is 1.77 bits per heavy atom. The van der Waals surface area contributed by atoms with Crippen LogP contribution >= 0.6 is 27.7 Å². The summed E-state index contributed by atoms with van der Waals surface area (Å²) in [7, 11) is 1.49. The average Bonchev–Trinajstić information content (AvgIpc) is 3.12. The molecule has 2 amide bonds. The van der Waals surface area contributed by atoms with Crippen LogP contribution in [0, 0.1) is 5.82 Å². The number of carbonyl (C=O) groups excluding carboxylic acids is 2. The van der Waals surface area contributed by atoms with Crippen molar-refractivity contribution in [1.29, 1.82) is 0 Å². The van der Waals surface area contributed by atoms with Gasteiger partial charge in [-0.2, -0.15) is 0 Å². The minimum absolute atomic E-state index is 0.0188. The van der Waals surface area contributed by atoms with Gasteiger partial charge in [0.15, 0.2) is 11.5 Å². The third-order valence-electron chi connectivity index (χ3n) is 5.08. The Bertz CT molecular complexity index is 1270. The maximum Gasteiger partial charge on any atom is 0.293 e. The molecule has 0 saturated carbocycles. The maximum atomic E-state index is 13.9. The van der Waals surface area contributed by atoms with Gasteiger partial charge in [0, 0.05) is 5.56 Å². The van der Waals surface area contributed by atoms with Gasteiger partial charge < -0.3 is 14.2 Å². The molecule has 1 fully saturated rings. The smallest absolute Gasteiger partial charge is 0.293 e. The summed E-state index contributed by atoms with van der Waals surface area (Å²) in [6.45, 7) is 0.362. The van der Waals surface area contributed by atoms with E-state index in [0.717, 1.165) is 16.7 Å². The van der Waals surface area contributed by atoms with Crippen LogP contribution in [0.1, 0.15) is 11.1 Å². The largest absolute Gasteiger partial charge is 0.493 e. The van der Waals surface area contributed by atoms with E-state index >= 15 is 0 Å². The van der Waals surface area contributed by atoms with Gasteiger partial charge in [-0.25, -0.2) is 4.39 Å². The molecule has 1 aliphatic rings. The number of carbonyl (C=O) groups is 2. The molecule has 0 aromatic heterocycles. The van der Waals surface area contributed by atoms with E-state index in [2.05, 4.69) is 15.9 Å². The van der Waals surface area contributed by atoms with E-state index in [1.165, 1.54) is 13.2 Å². The molecule has 9 heteroatoms. The molecule has 6 nitrogen and oxygen atoms in total. The van der Waals surface area contributed by atoms with E-state index in [1.807, 2.05) is 30.3 Å². The summed E-state index contributed by atoms with van der Waals surface area (Å²) in [5, 5.41) is -0.353. The molecule has 1 heterocycles. The first kappa shape index (κ1) is 24.8. The fourth-order valence-corrected chi connectivity index (χ4v) is 4.78. The first-order chi connectivity index (χ1) is 17.0. The number of imide groups is 1. The van der Waals surface area contributed by atoms with E-state index in [4.69, 9.17) is 14.2 Å². The van der Waals surface area contributed by atoms with Gasteiger partial charge in [0.2, 0.25) is 0 Å². The van der Waals surface area contributed by atoms with Crippen LogP contribution in [0.3, 0.4) is 0 Å². The van der Waals surface area contributed by atoms with E-state index in [1.54, 1.807) is 36.4 Å². The Hall–Kier alpha value is -3.30. The highest BCUT2D eigenvalue weighted by atomic mass is 79.9. The van der Waals surface area contributed by atoms with Crippen molar-refractivity contribution in [1.82, 2.24) is 4.90 Å². The van der Waals surface area contributed by atoms with E-state index in [9.17, 15) is 14.0 Å². The first-order valence-corrected chi connectivity index (χ1v) is 12.2. The second kappa shape index (κ2) is 11.4. The second-order valence-corrected chi connectivity index (χ2v) is 9.26. The number of rotatable bonds is 9. The molecule has 0 atom stereocenters. The SMILES string of the molecule is COc1cc(/C=C2\SC(=O)N(CCOc3ccccc3)C2=O)cc(Br)c1OCc1ccccc1F. The van der Waals surface area contributed by atoms with Crippen molar-refractivity contribution >= 4 is 44.9 Å². The highest BCUT2D eigenvalue weighted by Crippen LogP contribution is 2.39. The van der Waals surface area contributed by atoms with Crippen LogP contribution in [0.4, 0.5) is 9.18 Å². The molecule has 0 aliphatic carbocycles. The number of methoxy groups -OCH3 is 1. The predicted molar refractivity (Wildman–Crippen MR) is 136 cm³/mol. The van der Waals surface area contributed by atoms with Gasteiger partial charge in [0.05, 0.1) is 23.0 Å². The third kappa shape index (κ3) is 6.04. The Labute approximate surface area is 214 Å². The number of nitrogens with zero attached hydrogens (tertiary/aromatic N) is 1. The fourth-order valence-electron chi connectivity index (χ4n) is 3.34. The molecule has 4 rings (SSSR count). The van der Waals surface area contributed by atoms with Crippen molar-refractivity contribution in [2.24, 2.45) is 0 Å². The number of halogens is 2.